The van der Waals surface area contributed by atoms with Gasteiger partial charge in [-0.25, -0.2) is 0 Å². The molecule has 5 aromatic rings. The van der Waals surface area contributed by atoms with Gasteiger partial charge in [-0.1, -0.05) is 0 Å². The van der Waals surface area contributed by atoms with Crippen LogP contribution >= 0.6 is 0 Å². The maximum atomic E-state index is 13.2. The molecule has 0 aliphatic carbocycles. The van der Waals surface area contributed by atoms with Crippen LogP contribution < -0.4 is 3.53 Å². The van der Waals surface area contributed by atoms with Gasteiger partial charge in [-0.05, 0) is 0 Å². The summed E-state index contributed by atoms with van der Waals surface area (Å²) < 4.78 is 17.4. The summed E-state index contributed by atoms with van der Waals surface area (Å²) in [4.78, 5) is 35.5. The van der Waals surface area contributed by atoms with E-state index in [1.54, 1.807) is 48.5 Å². The SMILES string of the molecule is Cc1ccc2cccc(C(=O)[O][Ga]([O]C(=O)c3cccc4ccc(C)nc34)[O]c3ccccc3)c2n1. The Labute approximate surface area is 213 Å². The molecule has 0 amide bonds. The summed E-state index contributed by atoms with van der Waals surface area (Å²) in [5.41, 5.74) is 3.13. The summed E-state index contributed by atoms with van der Waals surface area (Å²) in [6, 6.07) is 26.9. The van der Waals surface area contributed by atoms with E-state index in [4.69, 9.17) is 10.6 Å². The first-order valence-electron chi connectivity index (χ1n) is 11.3. The molecule has 8 heteroatoms. The standard InChI is InChI=1S/2C11H9NO2.C6H6O.Ga/c2*1-7-5-6-8-3-2-4-9(11(13)14)10(8)12-7;7-6-4-2-1-3-5-6;/h2*2-6H,1H3,(H,13,14);1-5,7H;/q;;;+3/p-3. The summed E-state index contributed by atoms with van der Waals surface area (Å²) in [6.07, 6.45) is 0. The summed E-state index contributed by atoms with van der Waals surface area (Å²) in [6.45, 7) is 3.70. The van der Waals surface area contributed by atoms with Crippen molar-refractivity contribution in [3.63, 3.8) is 0 Å². The number of pyridine rings is 2. The van der Waals surface area contributed by atoms with Crippen molar-refractivity contribution in [3.05, 3.63) is 114 Å². The summed E-state index contributed by atoms with van der Waals surface area (Å²) in [5, 5.41) is 1.61. The maximum absolute atomic E-state index is 13.2. The molecule has 7 nitrogen and oxygen atoms in total. The molecule has 36 heavy (non-hydrogen) atoms. The van der Waals surface area contributed by atoms with E-state index >= 15 is 0 Å². The molecule has 3 aromatic carbocycles. The number of aromatic nitrogens is 2. The molecule has 0 radical (unpaired) electrons. The molecule has 0 saturated heterocycles. The molecule has 0 aliphatic rings. The predicted octanol–water partition coefficient (Wildman–Crippen LogP) is 5.48. The monoisotopic (exact) mass is 534 g/mol. The Morgan fingerprint density at radius 2 is 1.11 bits per heavy atom. The van der Waals surface area contributed by atoms with E-state index in [0.717, 1.165) is 22.2 Å². The Balaban J connectivity index is 1.46. The van der Waals surface area contributed by atoms with Gasteiger partial charge in [-0.3, -0.25) is 0 Å². The first-order chi connectivity index (χ1) is 17.5. The van der Waals surface area contributed by atoms with Crippen molar-refractivity contribution in [2.24, 2.45) is 0 Å². The average Bonchev–Trinajstić information content (AvgIpc) is 2.88. The van der Waals surface area contributed by atoms with Crippen LogP contribution in [-0.2, 0) is 7.06 Å². The second kappa shape index (κ2) is 10.2. The predicted molar refractivity (Wildman–Crippen MR) is 137 cm³/mol. The number of fused-ring (bicyclic) bond motifs is 2. The third-order valence-corrected chi connectivity index (χ3v) is 8.22. The van der Waals surface area contributed by atoms with Crippen molar-refractivity contribution in [3.8, 4) is 5.75 Å². The molecule has 0 unspecified atom stereocenters. The Bertz CT molecular complexity index is 1490. The summed E-state index contributed by atoms with van der Waals surface area (Å²) in [7, 11) is 0. The van der Waals surface area contributed by atoms with Gasteiger partial charge >= 0.3 is 214 Å². The zero-order valence-electron chi connectivity index (χ0n) is 19.7. The van der Waals surface area contributed by atoms with Crippen LogP contribution in [0.1, 0.15) is 32.1 Å². The summed E-state index contributed by atoms with van der Waals surface area (Å²) >= 11 is -3.95. The fourth-order valence-electron chi connectivity index (χ4n) is 3.80. The van der Waals surface area contributed by atoms with Gasteiger partial charge in [0.2, 0.25) is 0 Å². The number of carbonyl (C=O) groups is 2. The van der Waals surface area contributed by atoms with Crippen LogP contribution in [0.25, 0.3) is 21.8 Å². The van der Waals surface area contributed by atoms with Crippen LogP contribution in [-0.4, -0.2) is 39.2 Å². The van der Waals surface area contributed by atoms with Crippen molar-refractivity contribution in [1.82, 2.24) is 9.97 Å². The van der Waals surface area contributed by atoms with Gasteiger partial charge in [0.25, 0.3) is 0 Å². The van der Waals surface area contributed by atoms with Crippen molar-refractivity contribution >= 4 is 51.1 Å². The van der Waals surface area contributed by atoms with E-state index in [1.807, 2.05) is 56.3 Å². The second-order valence-electron chi connectivity index (χ2n) is 8.19. The molecule has 2 heterocycles. The Hall–Kier alpha value is -4.14. The van der Waals surface area contributed by atoms with Crippen molar-refractivity contribution in [1.29, 1.82) is 0 Å². The molecule has 2 aromatic heterocycles. The molecular weight excluding hydrogens is 514 g/mol. The minimum atomic E-state index is -3.95. The molecule has 0 atom stereocenters. The zero-order valence-corrected chi connectivity index (χ0v) is 22.1. The van der Waals surface area contributed by atoms with Crippen LogP contribution in [0.3, 0.4) is 0 Å². The van der Waals surface area contributed by atoms with Gasteiger partial charge < -0.3 is 0 Å². The van der Waals surface area contributed by atoms with Gasteiger partial charge in [0.1, 0.15) is 0 Å². The number of benzene rings is 3. The van der Waals surface area contributed by atoms with Crippen LogP contribution in [0.4, 0.5) is 0 Å². The Morgan fingerprint density at radius 3 is 1.61 bits per heavy atom. The van der Waals surface area contributed by atoms with Crippen LogP contribution in [0, 0.1) is 13.8 Å². The first kappa shape index (κ1) is 23.6. The van der Waals surface area contributed by atoms with Crippen molar-refractivity contribution in [2.45, 2.75) is 13.8 Å². The third kappa shape index (κ3) is 5.09. The van der Waals surface area contributed by atoms with Crippen molar-refractivity contribution < 1.29 is 20.2 Å². The number of aryl methyl sites for hydroxylation is 2. The molecular formula is C28H21GaN2O5. The van der Waals surface area contributed by atoms with Gasteiger partial charge in [-0.15, -0.1) is 0 Å². The van der Waals surface area contributed by atoms with E-state index in [2.05, 4.69) is 9.97 Å². The topological polar surface area (TPSA) is 87.6 Å². The fourth-order valence-corrected chi connectivity index (χ4v) is 6.17. The number of hydrogen-bond donors (Lipinski definition) is 0. The average molecular weight is 535 g/mol. The van der Waals surface area contributed by atoms with E-state index in [1.165, 1.54) is 0 Å². The van der Waals surface area contributed by atoms with E-state index in [0.29, 0.717) is 16.8 Å². The van der Waals surface area contributed by atoms with E-state index in [9.17, 15) is 9.59 Å². The number of hydrogen-bond acceptors (Lipinski definition) is 7. The summed E-state index contributed by atoms with van der Waals surface area (Å²) in [5.74, 6) is -0.861. The Kier molecular flexibility index (Phi) is 6.70. The van der Waals surface area contributed by atoms with Crippen LogP contribution in [0.5, 0.6) is 5.75 Å². The quantitative estimate of drug-likeness (QED) is 0.266. The van der Waals surface area contributed by atoms with Gasteiger partial charge in [-0.2, -0.15) is 0 Å². The fraction of sp³-hybridized carbons (Fsp3) is 0.0714. The molecule has 0 bridgehead atoms. The van der Waals surface area contributed by atoms with E-state index in [-0.39, 0.29) is 11.1 Å². The molecule has 0 spiro atoms. The molecule has 176 valence electrons. The normalized spacial score (nSPS) is 10.7. The van der Waals surface area contributed by atoms with E-state index < -0.39 is 29.3 Å². The van der Waals surface area contributed by atoms with Gasteiger partial charge in [0.15, 0.2) is 0 Å². The number of rotatable bonds is 6. The number of para-hydroxylation sites is 3. The zero-order chi connectivity index (χ0) is 25.1. The number of nitrogens with zero attached hydrogens (tertiary/aromatic N) is 2. The Morgan fingerprint density at radius 1 is 0.611 bits per heavy atom. The molecule has 0 aliphatic heterocycles. The third-order valence-electron chi connectivity index (χ3n) is 5.54. The van der Waals surface area contributed by atoms with Crippen LogP contribution in [0.15, 0.2) is 91.0 Å². The number of carbonyl (C=O) groups excluding carboxylic acids is 2. The second-order valence-corrected chi connectivity index (χ2v) is 10.9. The van der Waals surface area contributed by atoms with Gasteiger partial charge in [0, 0.05) is 0 Å². The first-order valence-corrected chi connectivity index (χ1v) is 14.3. The molecule has 0 fully saturated rings. The van der Waals surface area contributed by atoms with Crippen molar-refractivity contribution in [2.75, 3.05) is 0 Å². The van der Waals surface area contributed by atoms with Crippen LogP contribution in [0.2, 0.25) is 0 Å². The van der Waals surface area contributed by atoms with Gasteiger partial charge in [0.05, 0.1) is 0 Å². The molecule has 0 saturated carbocycles. The molecule has 5 rings (SSSR count). The minimum absolute atomic E-state index is 0.280. The molecule has 0 N–H and O–H groups in total.